The van der Waals surface area contributed by atoms with Gasteiger partial charge in [0.25, 0.3) is 0 Å². The van der Waals surface area contributed by atoms with Crippen LogP contribution in [0.1, 0.15) is 45.8 Å². The van der Waals surface area contributed by atoms with Gasteiger partial charge in [0, 0.05) is 32.7 Å². The highest BCUT2D eigenvalue weighted by Gasteiger charge is 2.18. The molecule has 0 spiro atoms. The highest BCUT2D eigenvalue weighted by atomic mass is 79.9. The average molecular weight is 739 g/mol. The third-order valence-electron chi connectivity index (χ3n) is 6.79. The molecule has 45 heavy (non-hydrogen) atoms. The Morgan fingerprint density at radius 2 is 1.67 bits per heavy atom. The van der Waals surface area contributed by atoms with E-state index in [0.29, 0.717) is 49.7 Å². The van der Waals surface area contributed by atoms with Crippen LogP contribution in [0.4, 0.5) is 4.39 Å². The molecule has 5 rings (SSSR count). The van der Waals surface area contributed by atoms with Crippen LogP contribution in [0.5, 0.6) is 17.2 Å². The molecule has 0 aliphatic carbocycles. The first kappa shape index (κ1) is 32.1. The van der Waals surface area contributed by atoms with Crippen LogP contribution in [0.2, 0.25) is 0 Å². The number of aryl methyl sites for hydroxylation is 2. The van der Waals surface area contributed by atoms with Gasteiger partial charge in [0.05, 0.1) is 17.3 Å². The maximum atomic E-state index is 14.1. The van der Waals surface area contributed by atoms with Crippen molar-refractivity contribution in [2.75, 3.05) is 6.61 Å². The van der Waals surface area contributed by atoms with Gasteiger partial charge in [-0.25, -0.2) is 9.82 Å². The molecule has 8 nitrogen and oxygen atoms in total. The molecule has 0 unspecified atom stereocenters. The number of hydrogen-bond acceptors (Lipinski definition) is 6. The third-order valence-corrected chi connectivity index (χ3v) is 8.93. The maximum Gasteiger partial charge on any atom is 0.307 e. The van der Waals surface area contributed by atoms with Crippen molar-refractivity contribution in [2.45, 2.75) is 34.0 Å². The van der Waals surface area contributed by atoms with Crippen LogP contribution in [0.15, 0.2) is 97.3 Å². The largest absolute Gasteiger partial charge is 0.490 e. The highest BCUT2D eigenvalue weighted by Crippen LogP contribution is 2.43. The second-order valence-electron chi connectivity index (χ2n) is 9.93. The Kier molecular flexibility index (Phi) is 10.4. The Morgan fingerprint density at radius 3 is 2.38 bits per heavy atom. The zero-order valence-electron chi connectivity index (χ0n) is 24.8. The molecule has 0 fully saturated rings. The standard InChI is InChI=1S/C34H30Br2FN3O5/c1-4-42-30-17-24(31(35)32(36)33(30)44-19-23-7-5-6-8-28(23)37)18-38-39-34(41)29-16-15-27(45-29)20-43-26-13-11-25(12-14-26)40-21(2)9-10-22(40)3/h5-18H,4,19-20H2,1-3H3,(H,39,41)/b38-18+. The van der Waals surface area contributed by atoms with Crippen molar-refractivity contribution in [1.82, 2.24) is 9.99 Å². The highest BCUT2D eigenvalue weighted by molar-refractivity contribution is 9.13. The summed E-state index contributed by atoms with van der Waals surface area (Å²) < 4.78 is 40.6. The van der Waals surface area contributed by atoms with Gasteiger partial charge in [0.1, 0.15) is 30.5 Å². The van der Waals surface area contributed by atoms with Crippen LogP contribution >= 0.6 is 31.9 Å². The molecular formula is C34H30Br2FN3O5. The van der Waals surface area contributed by atoms with E-state index >= 15 is 0 Å². The maximum absolute atomic E-state index is 14.1. The fourth-order valence-corrected chi connectivity index (χ4v) is 5.51. The van der Waals surface area contributed by atoms with Crippen molar-refractivity contribution in [3.05, 3.63) is 128 Å². The van der Waals surface area contributed by atoms with Crippen LogP contribution in [-0.2, 0) is 13.2 Å². The number of benzene rings is 3. The van der Waals surface area contributed by atoms with Gasteiger partial charge in [-0.2, -0.15) is 5.10 Å². The molecule has 0 atom stereocenters. The molecular weight excluding hydrogens is 709 g/mol. The molecule has 1 N–H and O–H groups in total. The summed E-state index contributed by atoms with van der Waals surface area (Å²) in [7, 11) is 0. The minimum atomic E-state index is -0.524. The number of furan rings is 1. The Bertz CT molecular complexity index is 1810. The number of amides is 1. The molecule has 232 valence electrons. The molecule has 0 aliphatic heterocycles. The molecule has 0 saturated carbocycles. The van der Waals surface area contributed by atoms with Crippen molar-refractivity contribution >= 4 is 44.0 Å². The second kappa shape index (κ2) is 14.6. The first-order chi connectivity index (χ1) is 21.7. The summed E-state index contributed by atoms with van der Waals surface area (Å²) in [6.45, 7) is 6.52. The Hall–Kier alpha value is -4.35. The zero-order valence-corrected chi connectivity index (χ0v) is 27.9. The summed E-state index contributed by atoms with van der Waals surface area (Å²) in [4.78, 5) is 12.7. The van der Waals surface area contributed by atoms with Crippen LogP contribution in [0.3, 0.4) is 0 Å². The Balaban J connectivity index is 1.19. The van der Waals surface area contributed by atoms with E-state index in [1.165, 1.54) is 12.3 Å². The molecule has 1 amide bonds. The van der Waals surface area contributed by atoms with Gasteiger partial charge in [0.2, 0.25) is 0 Å². The zero-order chi connectivity index (χ0) is 31.9. The molecule has 5 aromatic rings. The number of nitrogens with zero attached hydrogens (tertiary/aromatic N) is 2. The average Bonchev–Trinajstić information content (AvgIpc) is 3.65. The quantitative estimate of drug-likeness (QED) is 0.102. The first-order valence-corrected chi connectivity index (χ1v) is 15.6. The van der Waals surface area contributed by atoms with E-state index in [-0.39, 0.29) is 24.8 Å². The van der Waals surface area contributed by atoms with Gasteiger partial charge in [-0.05, 0) is 113 Å². The van der Waals surface area contributed by atoms with Crippen LogP contribution < -0.4 is 19.6 Å². The van der Waals surface area contributed by atoms with Gasteiger partial charge in [-0.1, -0.05) is 18.2 Å². The molecule has 0 saturated heterocycles. The molecule has 3 aromatic carbocycles. The number of carbonyl (C=O) groups excluding carboxylic acids is 1. The lowest BCUT2D eigenvalue weighted by Crippen LogP contribution is -2.17. The van der Waals surface area contributed by atoms with Gasteiger partial charge in [-0.15, -0.1) is 0 Å². The number of halogens is 3. The fourth-order valence-electron chi connectivity index (χ4n) is 4.58. The smallest absolute Gasteiger partial charge is 0.307 e. The summed E-state index contributed by atoms with van der Waals surface area (Å²) in [6, 6.07) is 23.3. The van der Waals surface area contributed by atoms with E-state index in [4.69, 9.17) is 18.6 Å². The van der Waals surface area contributed by atoms with Crippen LogP contribution in [-0.4, -0.2) is 23.3 Å². The normalized spacial score (nSPS) is 11.2. The number of aromatic nitrogens is 1. The Morgan fingerprint density at radius 1 is 0.933 bits per heavy atom. The van der Waals surface area contributed by atoms with E-state index in [2.05, 4.69) is 72.9 Å². The van der Waals surface area contributed by atoms with Crippen molar-refractivity contribution in [1.29, 1.82) is 0 Å². The summed E-state index contributed by atoms with van der Waals surface area (Å²) in [5.74, 6) is 1.21. The van der Waals surface area contributed by atoms with E-state index in [1.54, 1.807) is 36.4 Å². The predicted molar refractivity (Wildman–Crippen MR) is 177 cm³/mol. The van der Waals surface area contributed by atoms with Crippen molar-refractivity contribution in [2.24, 2.45) is 5.10 Å². The van der Waals surface area contributed by atoms with Gasteiger partial charge >= 0.3 is 5.91 Å². The fraction of sp³-hybridized carbons (Fsp3) is 0.176. The number of rotatable bonds is 12. The van der Waals surface area contributed by atoms with Crippen LogP contribution in [0, 0.1) is 19.7 Å². The monoisotopic (exact) mass is 737 g/mol. The van der Waals surface area contributed by atoms with Gasteiger partial charge in [-0.3, -0.25) is 4.79 Å². The van der Waals surface area contributed by atoms with E-state index < -0.39 is 5.91 Å². The number of carbonyl (C=O) groups is 1. The van der Waals surface area contributed by atoms with Gasteiger partial charge in [0.15, 0.2) is 17.3 Å². The topological polar surface area (TPSA) is 87.2 Å². The van der Waals surface area contributed by atoms with E-state index in [9.17, 15) is 9.18 Å². The summed E-state index contributed by atoms with van der Waals surface area (Å²) in [6.07, 6.45) is 1.46. The number of hydrazone groups is 1. The SMILES string of the molecule is CCOc1cc(/C=N/NC(=O)c2ccc(COc3ccc(-n4c(C)ccc4C)cc3)o2)c(Br)c(Br)c1OCc1ccccc1F. The lowest BCUT2D eigenvalue weighted by Gasteiger charge is -2.16. The lowest BCUT2D eigenvalue weighted by molar-refractivity contribution is 0.0923. The predicted octanol–water partition coefficient (Wildman–Crippen LogP) is 8.67. The number of hydrogen-bond donors (Lipinski definition) is 1. The molecule has 0 bridgehead atoms. The number of nitrogens with one attached hydrogen (secondary N) is 1. The van der Waals surface area contributed by atoms with Gasteiger partial charge < -0.3 is 23.2 Å². The lowest BCUT2D eigenvalue weighted by atomic mass is 10.2. The van der Waals surface area contributed by atoms with E-state index in [0.717, 1.165) is 17.1 Å². The van der Waals surface area contributed by atoms with Crippen LogP contribution in [0.25, 0.3) is 5.69 Å². The summed E-state index contributed by atoms with van der Waals surface area (Å²) in [5, 5.41) is 4.09. The second-order valence-corrected chi connectivity index (χ2v) is 11.5. The molecule has 2 aromatic heterocycles. The molecule has 2 heterocycles. The minimum Gasteiger partial charge on any atom is -0.490 e. The van der Waals surface area contributed by atoms with Crippen molar-refractivity contribution < 1.29 is 27.8 Å². The molecule has 0 aliphatic rings. The molecule has 11 heteroatoms. The minimum absolute atomic E-state index is 0.0115. The third kappa shape index (κ3) is 7.66. The van der Waals surface area contributed by atoms with Crippen molar-refractivity contribution in [3.8, 4) is 22.9 Å². The molecule has 0 radical (unpaired) electrons. The van der Waals surface area contributed by atoms with E-state index in [1.807, 2.05) is 31.2 Å². The Labute approximate surface area is 277 Å². The first-order valence-electron chi connectivity index (χ1n) is 14.1. The number of ether oxygens (including phenoxy) is 3. The summed E-state index contributed by atoms with van der Waals surface area (Å²) >= 11 is 7.07. The van der Waals surface area contributed by atoms with Crippen molar-refractivity contribution in [3.63, 3.8) is 0 Å². The summed E-state index contributed by atoms with van der Waals surface area (Å²) in [5.41, 5.74) is 6.85.